The minimum Gasteiger partial charge on any atom is -0.496 e. The second kappa shape index (κ2) is 5.00. The van der Waals surface area contributed by atoms with Crippen LogP contribution in [0.1, 0.15) is 12.5 Å². The summed E-state index contributed by atoms with van der Waals surface area (Å²) < 4.78 is 10.1. The maximum atomic E-state index is 10.7. The molecule has 0 aromatic heterocycles. The second-order valence-corrected chi connectivity index (χ2v) is 3.26. The molecule has 0 radical (unpaired) electrons. The summed E-state index contributed by atoms with van der Waals surface area (Å²) in [6.45, 7) is 1.37. The number of carbonyl (C=O) groups is 1. The molecule has 1 aromatic carbocycles. The summed E-state index contributed by atoms with van der Waals surface area (Å²) >= 11 is 3.33. The molecular formula is C10H11BrO3. The Labute approximate surface area is 91.1 Å². The topological polar surface area (TPSA) is 35.5 Å². The van der Waals surface area contributed by atoms with Crippen LogP contribution >= 0.6 is 15.9 Å². The van der Waals surface area contributed by atoms with Crippen molar-refractivity contribution in [3.63, 3.8) is 0 Å². The normalized spacial score (nSPS) is 9.64. The third-order valence-corrected chi connectivity index (χ3v) is 2.26. The van der Waals surface area contributed by atoms with Crippen molar-refractivity contribution in [2.45, 2.75) is 12.3 Å². The molecule has 0 N–H and O–H groups in total. The van der Waals surface area contributed by atoms with Gasteiger partial charge in [0.25, 0.3) is 0 Å². The smallest absolute Gasteiger partial charge is 0.308 e. The Morgan fingerprint density at radius 3 is 2.71 bits per heavy atom. The molecule has 3 nitrogen and oxygen atoms in total. The summed E-state index contributed by atoms with van der Waals surface area (Å²) in [4.78, 5) is 10.7. The lowest BCUT2D eigenvalue weighted by molar-refractivity contribution is -0.131. The van der Waals surface area contributed by atoms with Crippen LogP contribution in [0.4, 0.5) is 0 Å². The van der Waals surface area contributed by atoms with E-state index in [1.165, 1.54) is 6.92 Å². The summed E-state index contributed by atoms with van der Waals surface area (Å²) in [6, 6.07) is 5.25. The predicted molar refractivity (Wildman–Crippen MR) is 56.9 cm³/mol. The molecule has 0 heterocycles. The fourth-order valence-corrected chi connectivity index (χ4v) is 1.53. The van der Waals surface area contributed by atoms with Gasteiger partial charge in [-0.2, -0.15) is 0 Å². The molecule has 1 rings (SSSR count). The number of rotatable bonds is 3. The first kappa shape index (κ1) is 11.0. The van der Waals surface area contributed by atoms with E-state index in [1.54, 1.807) is 25.3 Å². The van der Waals surface area contributed by atoms with E-state index in [1.807, 2.05) is 0 Å². The van der Waals surface area contributed by atoms with Crippen molar-refractivity contribution in [1.82, 2.24) is 0 Å². The fourth-order valence-electron chi connectivity index (χ4n) is 1.09. The molecule has 0 fully saturated rings. The standard InChI is InChI=1S/C10H11BrO3/c1-7(12)14-9-3-4-10(13-2)8(5-9)6-11/h3-5H,6H2,1-2H3. The molecule has 0 atom stereocenters. The third kappa shape index (κ3) is 2.73. The summed E-state index contributed by atoms with van der Waals surface area (Å²) in [5.41, 5.74) is 0.950. The molecule has 0 aliphatic heterocycles. The highest BCUT2D eigenvalue weighted by molar-refractivity contribution is 9.08. The average Bonchev–Trinajstić information content (AvgIpc) is 2.16. The van der Waals surface area contributed by atoms with Crippen LogP contribution in [-0.2, 0) is 10.1 Å². The Bertz CT molecular complexity index is 336. The van der Waals surface area contributed by atoms with Crippen molar-refractivity contribution in [3.05, 3.63) is 23.8 Å². The van der Waals surface area contributed by atoms with Crippen molar-refractivity contribution in [1.29, 1.82) is 0 Å². The van der Waals surface area contributed by atoms with Gasteiger partial charge in [-0.25, -0.2) is 0 Å². The van der Waals surface area contributed by atoms with Gasteiger partial charge in [-0.1, -0.05) is 15.9 Å². The maximum absolute atomic E-state index is 10.7. The lowest BCUT2D eigenvalue weighted by atomic mass is 10.2. The highest BCUT2D eigenvalue weighted by Crippen LogP contribution is 2.25. The molecular weight excluding hydrogens is 248 g/mol. The summed E-state index contributed by atoms with van der Waals surface area (Å²) in [5.74, 6) is 0.987. The minimum atomic E-state index is -0.323. The zero-order chi connectivity index (χ0) is 10.6. The number of carbonyl (C=O) groups excluding carboxylic acids is 1. The summed E-state index contributed by atoms with van der Waals surface area (Å²) in [7, 11) is 1.60. The van der Waals surface area contributed by atoms with Crippen LogP contribution in [-0.4, -0.2) is 13.1 Å². The first-order valence-electron chi connectivity index (χ1n) is 4.08. The first-order valence-corrected chi connectivity index (χ1v) is 5.21. The Kier molecular flexibility index (Phi) is 3.95. The molecule has 1 aromatic rings. The molecule has 0 saturated carbocycles. The number of hydrogen-bond donors (Lipinski definition) is 0. The molecule has 0 aliphatic rings. The van der Waals surface area contributed by atoms with Gasteiger partial charge in [-0.15, -0.1) is 0 Å². The van der Waals surface area contributed by atoms with Crippen LogP contribution < -0.4 is 9.47 Å². The van der Waals surface area contributed by atoms with Crippen LogP contribution in [0.5, 0.6) is 11.5 Å². The van der Waals surface area contributed by atoms with Gasteiger partial charge in [0.1, 0.15) is 11.5 Å². The number of esters is 1. The van der Waals surface area contributed by atoms with E-state index in [2.05, 4.69) is 15.9 Å². The zero-order valence-electron chi connectivity index (χ0n) is 8.04. The molecule has 0 bridgehead atoms. The highest BCUT2D eigenvalue weighted by atomic mass is 79.9. The van der Waals surface area contributed by atoms with Crippen molar-refractivity contribution in [2.24, 2.45) is 0 Å². The lowest BCUT2D eigenvalue weighted by Crippen LogP contribution is -2.02. The van der Waals surface area contributed by atoms with Gasteiger partial charge in [0, 0.05) is 17.8 Å². The molecule has 0 aliphatic carbocycles. The highest BCUT2D eigenvalue weighted by Gasteiger charge is 2.04. The van der Waals surface area contributed by atoms with Crippen molar-refractivity contribution >= 4 is 21.9 Å². The molecule has 0 unspecified atom stereocenters. The molecule has 0 amide bonds. The molecule has 0 spiro atoms. The minimum absolute atomic E-state index is 0.323. The Hall–Kier alpha value is -1.03. The quantitative estimate of drug-likeness (QED) is 0.475. The van der Waals surface area contributed by atoms with Crippen LogP contribution in [0.3, 0.4) is 0 Å². The number of ether oxygens (including phenoxy) is 2. The van der Waals surface area contributed by atoms with Crippen molar-refractivity contribution in [2.75, 3.05) is 7.11 Å². The van der Waals surface area contributed by atoms with E-state index in [-0.39, 0.29) is 5.97 Å². The second-order valence-electron chi connectivity index (χ2n) is 2.70. The van der Waals surface area contributed by atoms with Crippen LogP contribution in [0, 0.1) is 0 Å². The largest absolute Gasteiger partial charge is 0.496 e. The van der Waals surface area contributed by atoms with Gasteiger partial charge >= 0.3 is 5.97 Å². The fraction of sp³-hybridized carbons (Fsp3) is 0.300. The van der Waals surface area contributed by atoms with Gasteiger partial charge in [-0.05, 0) is 18.2 Å². The predicted octanol–water partition coefficient (Wildman–Crippen LogP) is 2.52. The van der Waals surface area contributed by atoms with Gasteiger partial charge in [0.2, 0.25) is 0 Å². The summed E-state index contributed by atoms with van der Waals surface area (Å²) in [6.07, 6.45) is 0. The number of methoxy groups -OCH3 is 1. The Balaban J connectivity index is 2.95. The number of benzene rings is 1. The Morgan fingerprint density at radius 1 is 1.50 bits per heavy atom. The Morgan fingerprint density at radius 2 is 2.21 bits per heavy atom. The first-order chi connectivity index (χ1) is 6.67. The maximum Gasteiger partial charge on any atom is 0.308 e. The van der Waals surface area contributed by atoms with Gasteiger partial charge < -0.3 is 9.47 Å². The van der Waals surface area contributed by atoms with E-state index in [4.69, 9.17) is 9.47 Å². The average molecular weight is 259 g/mol. The molecule has 0 saturated heterocycles. The van der Waals surface area contributed by atoms with E-state index in [0.717, 1.165) is 11.3 Å². The van der Waals surface area contributed by atoms with Gasteiger partial charge in [0.05, 0.1) is 7.11 Å². The van der Waals surface area contributed by atoms with E-state index < -0.39 is 0 Å². The third-order valence-electron chi connectivity index (χ3n) is 1.66. The number of alkyl halides is 1. The lowest BCUT2D eigenvalue weighted by Gasteiger charge is -2.07. The van der Waals surface area contributed by atoms with Gasteiger partial charge in [0.15, 0.2) is 0 Å². The molecule has 76 valence electrons. The number of hydrogen-bond acceptors (Lipinski definition) is 3. The number of halogens is 1. The monoisotopic (exact) mass is 258 g/mol. The van der Waals surface area contributed by atoms with Crippen molar-refractivity contribution < 1.29 is 14.3 Å². The molecule has 14 heavy (non-hydrogen) atoms. The van der Waals surface area contributed by atoms with E-state index >= 15 is 0 Å². The SMILES string of the molecule is COc1ccc(OC(C)=O)cc1CBr. The van der Waals surface area contributed by atoms with Crippen LogP contribution in [0.2, 0.25) is 0 Å². The van der Waals surface area contributed by atoms with E-state index in [9.17, 15) is 4.79 Å². The summed E-state index contributed by atoms with van der Waals surface area (Å²) in [5, 5.41) is 0.658. The van der Waals surface area contributed by atoms with Crippen molar-refractivity contribution in [3.8, 4) is 11.5 Å². The van der Waals surface area contributed by atoms with Gasteiger partial charge in [-0.3, -0.25) is 4.79 Å². The molecule has 4 heteroatoms. The van der Waals surface area contributed by atoms with Crippen LogP contribution in [0.25, 0.3) is 0 Å². The zero-order valence-corrected chi connectivity index (χ0v) is 9.63. The van der Waals surface area contributed by atoms with E-state index in [0.29, 0.717) is 11.1 Å². The van der Waals surface area contributed by atoms with Crippen LogP contribution in [0.15, 0.2) is 18.2 Å².